The van der Waals surface area contributed by atoms with Crippen LogP contribution in [-0.2, 0) is 11.3 Å². The number of methoxy groups -OCH3 is 1. The number of hydrogen-bond donors (Lipinski definition) is 0. The maximum atomic E-state index is 12.1. The van der Waals surface area contributed by atoms with Gasteiger partial charge in [0, 0.05) is 38.7 Å². The van der Waals surface area contributed by atoms with Crippen molar-refractivity contribution in [2.75, 3.05) is 31.0 Å². The summed E-state index contributed by atoms with van der Waals surface area (Å²) in [6.07, 6.45) is 7.26. The summed E-state index contributed by atoms with van der Waals surface area (Å²) in [6, 6.07) is 1.68. The predicted octanol–water partition coefficient (Wildman–Crippen LogP) is 2.27. The molecule has 0 aromatic carbocycles. The molecular weight excluding hydrogens is 290 g/mol. The van der Waals surface area contributed by atoms with Crippen LogP contribution in [0.2, 0.25) is 0 Å². The number of unbranched alkanes of at least 4 members (excludes halogenated alkanes) is 3. The van der Waals surface area contributed by atoms with Gasteiger partial charge in [0.1, 0.15) is 0 Å². The second-order valence-electron chi connectivity index (χ2n) is 5.47. The van der Waals surface area contributed by atoms with Crippen LogP contribution >= 0.6 is 11.6 Å². The van der Waals surface area contributed by atoms with Gasteiger partial charge in [0.05, 0.1) is 18.0 Å². The monoisotopic (exact) mass is 313 g/mol. The zero-order valence-corrected chi connectivity index (χ0v) is 13.4. The summed E-state index contributed by atoms with van der Waals surface area (Å²) in [7, 11) is 1.73. The molecule has 0 radical (unpaired) electrons. The van der Waals surface area contributed by atoms with E-state index in [2.05, 4.69) is 10.00 Å². The van der Waals surface area contributed by atoms with Crippen LogP contribution in [0.15, 0.2) is 17.1 Å². The minimum atomic E-state index is -0.0225. The van der Waals surface area contributed by atoms with Gasteiger partial charge in [-0.1, -0.05) is 12.8 Å². The average Bonchev–Trinajstić information content (AvgIpc) is 2.97. The first kappa shape index (κ1) is 16.3. The topological polar surface area (TPSA) is 47.4 Å². The largest absolute Gasteiger partial charge is 0.380 e. The van der Waals surface area contributed by atoms with E-state index in [0.717, 1.165) is 50.9 Å². The molecule has 2 rings (SSSR count). The number of rotatable bonds is 8. The van der Waals surface area contributed by atoms with E-state index in [1.54, 1.807) is 24.1 Å². The van der Waals surface area contributed by atoms with Gasteiger partial charge in [0.15, 0.2) is 0 Å². The molecule has 1 aliphatic heterocycles. The maximum absolute atomic E-state index is 12.1. The highest BCUT2D eigenvalue weighted by Crippen LogP contribution is 2.19. The van der Waals surface area contributed by atoms with E-state index < -0.39 is 0 Å². The SMILES string of the molecule is COC1CCN(c2cnn(CCCCCCCl)c(=O)c2)C1. The fraction of sp³-hybridized carbons (Fsp3) is 0.733. The summed E-state index contributed by atoms with van der Waals surface area (Å²) in [4.78, 5) is 14.2. The normalized spacial score (nSPS) is 18.4. The van der Waals surface area contributed by atoms with Crippen molar-refractivity contribution in [1.29, 1.82) is 0 Å². The molecular formula is C15H24ClN3O2. The Morgan fingerprint density at radius 3 is 2.86 bits per heavy atom. The summed E-state index contributed by atoms with van der Waals surface area (Å²) in [5.41, 5.74) is 0.878. The molecule has 0 spiro atoms. The number of aryl methyl sites for hydroxylation is 1. The van der Waals surface area contributed by atoms with Gasteiger partial charge in [0.25, 0.3) is 5.56 Å². The number of aromatic nitrogens is 2. The molecule has 0 amide bonds. The summed E-state index contributed by atoms with van der Waals surface area (Å²) in [5.74, 6) is 0.713. The van der Waals surface area contributed by atoms with Gasteiger partial charge in [-0.05, 0) is 19.3 Å². The fourth-order valence-electron chi connectivity index (χ4n) is 2.63. The number of nitrogens with zero attached hydrogens (tertiary/aromatic N) is 3. The molecule has 1 aromatic heterocycles. The number of anilines is 1. The number of alkyl halides is 1. The minimum absolute atomic E-state index is 0.0225. The van der Waals surface area contributed by atoms with Crippen molar-refractivity contribution in [3.05, 3.63) is 22.6 Å². The molecule has 118 valence electrons. The third-order valence-electron chi connectivity index (χ3n) is 3.95. The van der Waals surface area contributed by atoms with Gasteiger partial charge in [-0.25, -0.2) is 4.68 Å². The lowest BCUT2D eigenvalue weighted by molar-refractivity contribution is 0.121. The standard InChI is InChI=1S/C15H24ClN3O2/c1-21-14-6-9-18(12-14)13-10-15(20)19(17-11-13)8-5-3-2-4-7-16/h10-11,14H,2-9,12H2,1H3. The summed E-state index contributed by atoms with van der Waals surface area (Å²) in [6.45, 7) is 2.43. The average molecular weight is 314 g/mol. The Hall–Kier alpha value is -1.07. The molecule has 1 saturated heterocycles. The minimum Gasteiger partial charge on any atom is -0.380 e. The van der Waals surface area contributed by atoms with Crippen LogP contribution in [0.5, 0.6) is 0 Å². The first-order valence-corrected chi connectivity index (χ1v) is 8.19. The van der Waals surface area contributed by atoms with Crippen molar-refractivity contribution in [3.8, 4) is 0 Å². The Morgan fingerprint density at radius 1 is 1.38 bits per heavy atom. The van der Waals surface area contributed by atoms with Crippen molar-refractivity contribution in [3.63, 3.8) is 0 Å². The second-order valence-corrected chi connectivity index (χ2v) is 5.85. The Balaban J connectivity index is 1.87. The first-order valence-electron chi connectivity index (χ1n) is 7.65. The quantitative estimate of drug-likeness (QED) is 0.545. The van der Waals surface area contributed by atoms with Crippen molar-refractivity contribution >= 4 is 17.3 Å². The van der Waals surface area contributed by atoms with Gasteiger partial charge in [-0.15, -0.1) is 11.6 Å². The first-order chi connectivity index (χ1) is 10.2. The Labute approximate surface area is 130 Å². The summed E-state index contributed by atoms with van der Waals surface area (Å²) < 4.78 is 6.90. The third-order valence-corrected chi connectivity index (χ3v) is 4.22. The molecule has 0 bridgehead atoms. The fourth-order valence-corrected chi connectivity index (χ4v) is 2.82. The van der Waals surface area contributed by atoms with Gasteiger partial charge >= 0.3 is 0 Å². The van der Waals surface area contributed by atoms with Crippen LogP contribution in [0.25, 0.3) is 0 Å². The highest BCUT2D eigenvalue weighted by molar-refractivity contribution is 6.17. The van der Waals surface area contributed by atoms with Crippen molar-refractivity contribution < 1.29 is 4.74 Å². The molecule has 1 aromatic rings. The number of hydrogen-bond acceptors (Lipinski definition) is 4. The highest BCUT2D eigenvalue weighted by Gasteiger charge is 2.22. The summed E-state index contributed by atoms with van der Waals surface area (Å²) in [5, 5.41) is 4.29. The van der Waals surface area contributed by atoms with Crippen molar-refractivity contribution in [2.24, 2.45) is 0 Å². The molecule has 0 saturated carbocycles. The molecule has 2 heterocycles. The van der Waals surface area contributed by atoms with E-state index in [9.17, 15) is 4.79 Å². The molecule has 0 N–H and O–H groups in total. The molecule has 6 heteroatoms. The Bertz CT molecular complexity index is 492. The van der Waals surface area contributed by atoms with Crippen LogP contribution in [0.4, 0.5) is 5.69 Å². The van der Waals surface area contributed by atoms with Gasteiger partial charge in [-0.3, -0.25) is 4.79 Å². The van der Waals surface area contributed by atoms with E-state index >= 15 is 0 Å². The summed E-state index contributed by atoms with van der Waals surface area (Å²) >= 11 is 5.64. The molecule has 1 fully saturated rings. The Kier molecular flexibility index (Phi) is 6.51. The number of ether oxygens (including phenoxy) is 1. The lowest BCUT2D eigenvalue weighted by Gasteiger charge is -2.18. The lowest BCUT2D eigenvalue weighted by atomic mass is 10.2. The van der Waals surface area contributed by atoms with Crippen LogP contribution in [0.1, 0.15) is 32.1 Å². The third kappa shape index (κ3) is 4.71. The maximum Gasteiger partial charge on any atom is 0.268 e. The zero-order valence-electron chi connectivity index (χ0n) is 12.6. The lowest BCUT2D eigenvalue weighted by Crippen LogP contribution is -2.27. The van der Waals surface area contributed by atoms with Gasteiger partial charge in [0.2, 0.25) is 0 Å². The molecule has 21 heavy (non-hydrogen) atoms. The van der Waals surface area contributed by atoms with E-state index in [4.69, 9.17) is 16.3 Å². The van der Waals surface area contributed by atoms with E-state index in [-0.39, 0.29) is 11.7 Å². The van der Waals surface area contributed by atoms with E-state index in [1.807, 2.05) is 0 Å². The Morgan fingerprint density at radius 2 is 2.19 bits per heavy atom. The smallest absolute Gasteiger partial charge is 0.268 e. The van der Waals surface area contributed by atoms with Crippen LogP contribution in [-0.4, -0.2) is 42.0 Å². The molecule has 1 aliphatic rings. The molecule has 5 nitrogen and oxygen atoms in total. The zero-order chi connectivity index (χ0) is 15.1. The van der Waals surface area contributed by atoms with Crippen molar-refractivity contribution in [1.82, 2.24) is 9.78 Å². The van der Waals surface area contributed by atoms with Crippen LogP contribution in [0.3, 0.4) is 0 Å². The van der Waals surface area contributed by atoms with Crippen LogP contribution in [0, 0.1) is 0 Å². The number of halogens is 1. The van der Waals surface area contributed by atoms with E-state index in [0.29, 0.717) is 12.4 Å². The molecule has 1 unspecified atom stereocenters. The second kappa shape index (κ2) is 8.39. The van der Waals surface area contributed by atoms with E-state index in [1.165, 1.54) is 0 Å². The molecule has 0 aliphatic carbocycles. The highest BCUT2D eigenvalue weighted by atomic mass is 35.5. The van der Waals surface area contributed by atoms with Gasteiger partial charge < -0.3 is 9.64 Å². The predicted molar refractivity (Wildman–Crippen MR) is 85.3 cm³/mol. The molecule has 1 atom stereocenters. The van der Waals surface area contributed by atoms with Crippen molar-refractivity contribution in [2.45, 2.75) is 44.8 Å². The van der Waals surface area contributed by atoms with Crippen LogP contribution < -0.4 is 10.5 Å². The van der Waals surface area contributed by atoms with Gasteiger partial charge in [-0.2, -0.15) is 5.10 Å².